The van der Waals surface area contributed by atoms with Crippen LogP contribution in [0.15, 0.2) is 42.5 Å². The second-order valence-electron chi connectivity index (χ2n) is 6.81. The summed E-state index contributed by atoms with van der Waals surface area (Å²) in [5.74, 6) is 1.85. The summed E-state index contributed by atoms with van der Waals surface area (Å²) in [6.07, 6.45) is 2.38. The third kappa shape index (κ3) is 4.57. The average molecular weight is 384 g/mol. The summed E-state index contributed by atoms with van der Waals surface area (Å²) in [4.78, 5) is 15.1. The Balaban J connectivity index is 1.73. The fraction of sp³-hybridized carbons (Fsp3) is 0.409. The molecular weight excluding hydrogens is 356 g/mol. The Morgan fingerprint density at radius 3 is 2.25 bits per heavy atom. The minimum atomic E-state index is -0.126. The van der Waals surface area contributed by atoms with Crippen LogP contribution in [0.2, 0.25) is 0 Å². The highest BCUT2D eigenvalue weighted by atomic mass is 16.5. The molecule has 0 saturated carbocycles. The fourth-order valence-electron chi connectivity index (χ4n) is 3.61. The maximum absolute atomic E-state index is 12.7. The molecule has 1 aliphatic heterocycles. The molecule has 1 fully saturated rings. The number of carbonyl (C=O) groups excluding carboxylic acids is 1. The molecule has 28 heavy (non-hydrogen) atoms. The Bertz CT molecular complexity index is 786. The lowest BCUT2D eigenvalue weighted by molar-refractivity contribution is 0.0937. The van der Waals surface area contributed by atoms with Gasteiger partial charge in [-0.05, 0) is 61.8 Å². The minimum Gasteiger partial charge on any atom is -0.497 e. The van der Waals surface area contributed by atoms with Gasteiger partial charge >= 0.3 is 0 Å². The first-order valence-corrected chi connectivity index (χ1v) is 9.54. The molecule has 3 rings (SSSR count). The van der Waals surface area contributed by atoms with E-state index in [0.29, 0.717) is 23.6 Å². The van der Waals surface area contributed by atoms with Crippen LogP contribution in [-0.4, -0.2) is 51.8 Å². The van der Waals surface area contributed by atoms with Gasteiger partial charge in [-0.3, -0.25) is 9.69 Å². The van der Waals surface area contributed by atoms with E-state index in [2.05, 4.69) is 22.3 Å². The number of hydrogen-bond donors (Lipinski definition) is 1. The van der Waals surface area contributed by atoms with Gasteiger partial charge in [-0.15, -0.1) is 0 Å². The van der Waals surface area contributed by atoms with Gasteiger partial charge < -0.3 is 19.5 Å². The molecule has 0 aromatic heterocycles. The van der Waals surface area contributed by atoms with Crippen LogP contribution in [0.4, 0.5) is 0 Å². The van der Waals surface area contributed by atoms with Crippen molar-refractivity contribution in [1.29, 1.82) is 0 Å². The van der Waals surface area contributed by atoms with Gasteiger partial charge in [0.05, 0.1) is 27.4 Å². The smallest absolute Gasteiger partial charge is 0.251 e. The predicted molar refractivity (Wildman–Crippen MR) is 108 cm³/mol. The number of ether oxygens (including phenoxy) is 3. The fourth-order valence-corrected chi connectivity index (χ4v) is 3.61. The minimum absolute atomic E-state index is 0.126. The van der Waals surface area contributed by atoms with Gasteiger partial charge in [0.25, 0.3) is 5.91 Å². The lowest BCUT2D eigenvalue weighted by Crippen LogP contribution is -2.36. The number of nitrogens with one attached hydrogen (secondary N) is 1. The highest BCUT2D eigenvalue weighted by Crippen LogP contribution is 2.28. The largest absolute Gasteiger partial charge is 0.497 e. The van der Waals surface area contributed by atoms with Gasteiger partial charge in [0.15, 0.2) is 11.5 Å². The average Bonchev–Trinajstić information content (AvgIpc) is 3.28. The van der Waals surface area contributed by atoms with Crippen LogP contribution in [0, 0.1) is 0 Å². The number of methoxy groups -OCH3 is 3. The summed E-state index contributed by atoms with van der Waals surface area (Å²) in [7, 11) is 4.80. The van der Waals surface area contributed by atoms with Crippen LogP contribution in [0.1, 0.15) is 34.8 Å². The zero-order chi connectivity index (χ0) is 19.9. The molecule has 2 aromatic carbocycles. The highest BCUT2D eigenvalue weighted by Gasteiger charge is 2.24. The molecule has 150 valence electrons. The van der Waals surface area contributed by atoms with Crippen molar-refractivity contribution in [3.8, 4) is 17.2 Å². The van der Waals surface area contributed by atoms with Gasteiger partial charge in [0, 0.05) is 12.1 Å². The first kappa shape index (κ1) is 20.0. The molecule has 1 atom stereocenters. The van der Waals surface area contributed by atoms with E-state index >= 15 is 0 Å². The number of likely N-dealkylation sites (tertiary alicyclic amines) is 1. The molecule has 0 bridgehead atoms. The van der Waals surface area contributed by atoms with Crippen molar-refractivity contribution in [3.63, 3.8) is 0 Å². The van der Waals surface area contributed by atoms with Gasteiger partial charge in [0.2, 0.25) is 0 Å². The lowest BCUT2D eigenvalue weighted by Gasteiger charge is -2.28. The van der Waals surface area contributed by atoms with Crippen LogP contribution in [0.3, 0.4) is 0 Å². The normalized spacial score (nSPS) is 15.1. The van der Waals surface area contributed by atoms with Crippen LogP contribution in [0.5, 0.6) is 17.2 Å². The molecular formula is C22H28N2O4. The summed E-state index contributed by atoms with van der Waals surface area (Å²) >= 11 is 0. The van der Waals surface area contributed by atoms with Gasteiger partial charge in [-0.25, -0.2) is 0 Å². The van der Waals surface area contributed by atoms with E-state index in [1.54, 1.807) is 39.5 Å². The van der Waals surface area contributed by atoms with Crippen molar-refractivity contribution >= 4 is 5.91 Å². The Hall–Kier alpha value is -2.73. The van der Waals surface area contributed by atoms with Crippen LogP contribution in [0.25, 0.3) is 0 Å². The maximum Gasteiger partial charge on any atom is 0.251 e. The Morgan fingerprint density at radius 2 is 1.64 bits per heavy atom. The van der Waals surface area contributed by atoms with Crippen molar-refractivity contribution < 1.29 is 19.0 Å². The van der Waals surface area contributed by atoms with E-state index < -0.39 is 0 Å². The van der Waals surface area contributed by atoms with Crippen molar-refractivity contribution in [2.45, 2.75) is 18.9 Å². The predicted octanol–water partition coefficient (Wildman–Crippen LogP) is 3.28. The second-order valence-corrected chi connectivity index (χ2v) is 6.81. The van der Waals surface area contributed by atoms with E-state index in [1.807, 2.05) is 12.1 Å². The quantitative estimate of drug-likeness (QED) is 0.757. The van der Waals surface area contributed by atoms with Crippen LogP contribution >= 0.6 is 0 Å². The van der Waals surface area contributed by atoms with Gasteiger partial charge in [0.1, 0.15) is 5.75 Å². The molecule has 1 N–H and O–H groups in total. The SMILES string of the molecule is COc1ccc(C(CNC(=O)c2ccc(OC)c(OC)c2)N2CCCC2)cc1. The molecule has 1 saturated heterocycles. The number of benzene rings is 2. The molecule has 1 amide bonds. The Morgan fingerprint density at radius 1 is 0.964 bits per heavy atom. The standard InChI is InChI=1S/C22H28N2O4/c1-26-18-9-6-16(7-10-18)19(24-12-4-5-13-24)15-23-22(25)17-8-11-20(27-2)21(14-17)28-3/h6-11,14,19H,4-5,12-13,15H2,1-3H3,(H,23,25). The van der Waals surface area contributed by atoms with Crippen molar-refractivity contribution in [2.24, 2.45) is 0 Å². The molecule has 2 aromatic rings. The second kappa shape index (κ2) is 9.46. The summed E-state index contributed by atoms with van der Waals surface area (Å²) in [5.41, 5.74) is 1.72. The van der Waals surface area contributed by atoms with E-state index in [0.717, 1.165) is 18.8 Å². The molecule has 0 radical (unpaired) electrons. The number of amides is 1. The molecule has 6 nitrogen and oxygen atoms in total. The highest BCUT2D eigenvalue weighted by molar-refractivity contribution is 5.94. The third-order valence-corrected chi connectivity index (χ3v) is 5.18. The topological polar surface area (TPSA) is 60.0 Å². The molecule has 0 spiro atoms. The zero-order valence-corrected chi connectivity index (χ0v) is 16.7. The number of hydrogen-bond acceptors (Lipinski definition) is 5. The van der Waals surface area contributed by atoms with Crippen LogP contribution in [-0.2, 0) is 0 Å². The third-order valence-electron chi connectivity index (χ3n) is 5.18. The Labute approximate surface area is 166 Å². The summed E-state index contributed by atoms with van der Waals surface area (Å²) in [6, 6.07) is 13.4. The maximum atomic E-state index is 12.7. The number of rotatable bonds is 8. The summed E-state index contributed by atoms with van der Waals surface area (Å²) < 4.78 is 15.8. The summed E-state index contributed by atoms with van der Waals surface area (Å²) in [5, 5.41) is 3.08. The van der Waals surface area contributed by atoms with Gasteiger partial charge in [-0.2, -0.15) is 0 Å². The van der Waals surface area contributed by atoms with E-state index in [9.17, 15) is 4.79 Å². The van der Waals surface area contributed by atoms with Crippen LogP contribution < -0.4 is 19.5 Å². The lowest BCUT2D eigenvalue weighted by atomic mass is 10.0. The molecule has 6 heteroatoms. The molecule has 1 unspecified atom stereocenters. The molecule has 1 aliphatic rings. The number of carbonyl (C=O) groups is 1. The molecule has 1 heterocycles. The van der Waals surface area contributed by atoms with Gasteiger partial charge in [-0.1, -0.05) is 12.1 Å². The van der Waals surface area contributed by atoms with Crippen molar-refractivity contribution in [1.82, 2.24) is 10.2 Å². The number of nitrogens with zero attached hydrogens (tertiary/aromatic N) is 1. The van der Waals surface area contributed by atoms with E-state index in [4.69, 9.17) is 14.2 Å². The van der Waals surface area contributed by atoms with Crippen molar-refractivity contribution in [2.75, 3.05) is 41.0 Å². The molecule has 0 aliphatic carbocycles. The summed E-state index contributed by atoms with van der Waals surface area (Å²) in [6.45, 7) is 2.63. The van der Waals surface area contributed by atoms with Crippen molar-refractivity contribution in [3.05, 3.63) is 53.6 Å². The first-order valence-electron chi connectivity index (χ1n) is 9.54. The first-order chi connectivity index (χ1) is 13.7. The Kier molecular flexibility index (Phi) is 6.76. The van der Waals surface area contributed by atoms with E-state index in [-0.39, 0.29) is 11.9 Å². The van der Waals surface area contributed by atoms with E-state index in [1.165, 1.54) is 18.4 Å². The monoisotopic (exact) mass is 384 g/mol. The zero-order valence-electron chi connectivity index (χ0n) is 16.7.